The van der Waals surface area contributed by atoms with Crippen molar-refractivity contribution < 1.29 is 9.26 Å². The molecule has 0 atom stereocenters. The van der Waals surface area contributed by atoms with E-state index < -0.39 is 0 Å². The minimum absolute atomic E-state index is 0. The number of nitrogens with two attached hydrogens (primary N) is 1. The van der Waals surface area contributed by atoms with Gasteiger partial charge in [-0.3, -0.25) is 4.90 Å². The molecule has 2 aromatic carbocycles. The van der Waals surface area contributed by atoms with Gasteiger partial charge in [0.1, 0.15) is 12.4 Å². The number of ether oxygens (including phenoxy) is 1. The average Bonchev–Trinajstić information content (AvgIpc) is 3.16. The summed E-state index contributed by atoms with van der Waals surface area (Å²) in [5, 5.41) is 4.00. The molecule has 162 valence electrons. The van der Waals surface area contributed by atoms with Crippen molar-refractivity contribution in [1.82, 2.24) is 15.0 Å². The largest absolute Gasteiger partial charge is 0.488 e. The highest BCUT2D eigenvalue weighted by molar-refractivity contribution is 5.85. The van der Waals surface area contributed by atoms with Crippen LogP contribution in [0.1, 0.15) is 46.5 Å². The van der Waals surface area contributed by atoms with Crippen molar-refractivity contribution in [2.24, 2.45) is 5.73 Å². The zero-order chi connectivity index (χ0) is 20.8. The van der Waals surface area contributed by atoms with Gasteiger partial charge in [0.05, 0.1) is 13.1 Å². The molecule has 1 heterocycles. The smallest absolute Gasteiger partial charge is 0.240 e. The van der Waals surface area contributed by atoms with E-state index in [-0.39, 0.29) is 19.0 Å². The van der Waals surface area contributed by atoms with Gasteiger partial charge in [-0.25, -0.2) is 0 Å². The molecule has 0 fully saturated rings. The van der Waals surface area contributed by atoms with Crippen LogP contribution < -0.4 is 10.5 Å². The molecule has 2 N–H and O–H groups in total. The summed E-state index contributed by atoms with van der Waals surface area (Å²) in [6.45, 7) is 11.6. The van der Waals surface area contributed by atoms with Crippen molar-refractivity contribution >= 4 is 12.4 Å². The minimum atomic E-state index is 0. The lowest BCUT2D eigenvalue weighted by molar-refractivity contribution is 0.258. The van der Waals surface area contributed by atoms with Gasteiger partial charge in [0.25, 0.3) is 0 Å². The van der Waals surface area contributed by atoms with Gasteiger partial charge in [0.15, 0.2) is 5.82 Å². The Morgan fingerprint density at radius 2 is 1.67 bits per heavy atom. The lowest BCUT2D eigenvalue weighted by atomic mass is 10.0. The number of hydrogen-bond acceptors (Lipinski definition) is 6. The molecule has 0 saturated carbocycles. The van der Waals surface area contributed by atoms with Crippen molar-refractivity contribution in [3.05, 3.63) is 75.9 Å². The second-order valence-corrected chi connectivity index (χ2v) is 7.44. The van der Waals surface area contributed by atoms with Crippen molar-refractivity contribution in [2.45, 2.75) is 53.9 Å². The standard InChI is InChI=1S/C23H30N4O2.ClH/c1-5-27(14-21-25-22(12-24)29-26-21)13-20-10-17(3)23(18(4)11-20)28-15-19-8-6-16(2)7-9-19;/h6-11H,5,12-15,24H2,1-4H3;1H. The first kappa shape index (κ1) is 23.9. The zero-order valence-electron chi connectivity index (χ0n) is 18.1. The maximum atomic E-state index is 6.13. The van der Waals surface area contributed by atoms with Gasteiger partial charge in [0, 0.05) is 6.54 Å². The molecule has 6 nitrogen and oxygen atoms in total. The molecule has 0 aliphatic rings. The predicted octanol–water partition coefficient (Wildman–Crippen LogP) is 4.48. The van der Waals surface area contributed by atoms with Crippen molar-refractivity contribution in [3.8, 4) is 5.75 Å². The molecular formula is C23H31ClN4O2. The maximum absolute atomic E-state index is 6.13. The Morgan fingerprint density at radius 3 is 2.23 bits per heavy atom. The fraction of sp³-hybridized carbons (Fsp3) is 0.391. The summed E-state index contributed by atoms with van der Waals surface area (Å²) in [6.07, 6.45) is 0. The first-order chi connectivity index (χ1) is 14.0. The van der Waals surface area contributed by atoms with Crippen LogP contribution in [0.4, 0.5) is 0 Å². The number of benzene rings is 2. The Balaban J connectivity index is 0.00000320. The van der Waals surface area contributed by atoms with Crippen LogP contribution in [0.5, 0.6) is 5.75 Å². The fourth-order valence-corrected chi connectivity index (χ4v) is 3.37. The number of nitrogens with zero attached hydrogens (tertiary/aromatic N) is 3. The Kier molecular flexibility index (Phi) is 8.84. The van der Waals surface area contributed by atoms with E-state index in [1.807, 2.05) is 0 Å². The first-order valence-electron chi connectivity index (χ1n) is 10.0. The number of aromatic nitrogens is 2. The monoisotopic (exact) mass is 430 g/mol. The van der Waals surface area contributed by atoms with E-state index in [1.54, 1.807) is 0 Å². The average molecular weight is 431 g/mol. The van der Waals surface area contributed by atoms with Crippen LogP contribution in [0.3, 0.4) is 0 Å². The Bertz CT molecular complexity index is 918. The summed E-state index contributed by atoms with van der Waals surface area (Å²) >= 11 is 0. The molecule has 7 heteroatoms. The number of aryl methyl sites for hydroxylation is 3. The molecule has 0 amide bonds. The van der Waals surface area contributed by atoms with E-state index in [0.717, 1.165) is 30.0 Å². The predicted molar refractivity (Wildman–Crippen MR) is 121 cm³/mol. The SMILES string of the molecule is CCN(Cc1cc(C)c(OCc2ccc(C)cc2)c(C)c1)Cc1noc(CN)n1.Cl. The van der Waals surface area contributed by atoms with E-state index in [2.05, 4.69) is 79.1 Å². The highest BCUT2D eigenvalue weighted by Crippen LogP contribution is 2.26. The molecule has 0 unspecified atom stereocenters. The van der Waals surface area contributed by atoms with Gasteiger partial charge in [0.2, 0.25) is 5.89 Å². The Labute approximate surface area is 184 Å². The van der Waals surface area contributed by atoms with Gasteiger partial charge >= 0.3 is 0 Å². The fourth-order valence-electron chi connectivity index (χ4n) is 3.37. The van der Waals surface area contributed by atoms with Crippen LogP contribution >= 0.6 is 12.4 Å². The van der Waals surface area contributed by atoms with Gasteiger partial charge in [-0.15, -0.1) is 12.4 Å². The van der Waals surface area contributed by atoms with E-state index in [0.29, 0.717) is 24.9 Å². The molecule has 0 bridgehead atoms. The zero-order valence-corrected chi connectivity index (χ0v) is 19.0. The number of rotatable bonds is 9. The van der Waals surface area contributed by atoms with Crippen molar-refractivity contribution in [2.75, 3.05) is 6.54 Å². The summed E-state index contributed by atoms with van der Waals surface area (Å²) < 4.78 is 11.2. The third kappa shape index (κ3) is 6.29. The molecule has 3 rings (SSSR count). The van der Waals surface area contributed by atoms with Gasteiger partial charge in [-0.05, 0) is 49.6 Å². The van der Waals surface area contributed by atoms with Gasteiger partial charge in [-0.2, -0.15) is 4.98 Å². The molecule has 3 aromatic rings. The van der Waals surface area contributed by atoms with Crippen LogP contribution in [0.2, 0.25) is 0 Å². The maximum Gasteiger partial charge on any atom is 0.240 e. The number of halogens is 1. The van der Waals surface area contributed by atoms with Crippen LogP contribution in [-0.4, -0.2) is 21.6 Å². The van der Waals surface area contributed by atoms with E-state index in [4.69, 9.17) is 15.0 Å². The normalized spacial score (nSPS) is 10.9. The van der Waals surface area contributed by atoms with Crippen molar-refractivity contribution in [1.29, 1.82) is 0 Å². The van der Waals surface area contributed by atoms with E-state index >= 15 is 0 Å². The van der Waals surface area contributed by atoms with Crippen LogP contribution in [-0.2, 0) is 26.2 Å². The Morgan fingerprint density at radius 1 is 1.00 bits per heavy atom. The summed E-state index contributed by atoms with van der Waals surface area (Å²) in [5.41, 5.74) is 11.5. The molecule has 30 heavy (non-hydrogen) atoms. The third-order valence-electron chi connectivity index (χ3n) is 4.93. The summed E-state index contributed by atoms with van der Waals surface area (Å²) in [6, 6.07) is 12.8. The molecule has 0 radical (unpaired) electrons. The van der Waals surface area contributed by atoms with Crippen molar-refractivity contribution in [3.63, 3.8) is 0 Å². The third-order valence-corrected chi connectivity index (χ3v) is 4.93. The van der Waals surface area contributed by atoms with Gasteiger partial charge < -0.3 is 15.0 Å². The van der Waals surface area contributed by atoms with Crippen LogP contribution in [0, 0.1) is 20.8 Å². The molecule has 0 aliphatic heterocycles. The minimum Gasteiger partial charge on any atom is -0.488 e. The molecule has 0 aliphatic carbocycles. The lowest BCUT2D eigenvalue weighted by Gasteiger charge is -2.20. The highest BCUT2D eigenvalue weighted by Gasteiger charge is 2.13. The number of hydrogen-bond donors (Lipinski definition) is 1. The summed E-state index contributed by atoms with van der Waals surface area (Å²) in [7, 11) is 0. The van der Waals surface area contributed by atoms with E-state index in [9.17, 15) is 0 Å². The topological polar surface area (TPSA) is 77.4 Å². The molecular weight excluding hydrogens is 400 g/mol. The highest BCUT2D eigenvalue weighted by atomic mass is 35.5. The molecule has 1 aromatic heterocycles. The van der Waals surface area contributed by atoms with Gasteiger partial charge in [-0.1, -0.05) is 54.0 Å². The second kappa shape index (κ2) is 11.1. The summed E-state index contributed by atoms with van der Waals surface area (Å²) in [5.74, 6) is 2.10. The first-order valence-corrected chi connectivity index (χ1v) is 10.0. The summed E-state index contributed by atoms with van der Waals surface area (Å²) in [4.78, 5) is 6.57. The van der Waals surface area contributed by atoms with Crippen LogP contribution in [0.15, 0.2) is 40.9 Å². The lowest BCUT2D eigenvalue weighted by Crippen LogP contribution is -2.23. The second-order valence-electron chi connectivity index (χ2n) is 7.44. The quantitative estimate of drug-likeness (QED) is 0.539. The molecule has 0 saturated heterocycles. The van der Waals surface area contributed by atoms with E-state index in [1.165, 1.54) is 16.7 Å². The molecule has 0 spiro atoms. The Hall–Kier alpha value is -2.41. The van der Waals surface area contributed by atoms with Crippen LogP contribution in [0.25, 0.3) is 0 Å².